The molecular formula is C5H8Cl2. The van der Waals surface area contributed by atoms with E-state index in [0.717, 1.165) is 11.5 Å². The molecule has 0 bridgehead atoms. The van der Waals surface area contributed by atoms with Gasteiger partial charge >= 0.3 is 0 Å². The van der Waals surface area contributed by atoms with Crippen LogP contribution in [0.25, 0.3) is 0 Å². The number of halogens is 2. The van der Waals surface area contributed by atoms with Gasteiger partial charge < -0.3 is 0 Å². The molecule has 0 rings (SSSR count). The predicted molar refractivity (Wildman–Crippen MR) is 34.9 cm³/mol. The van der Waals surface area contributed by atoms with Gasteiger partial charge in [0.25, 0.3) is 0 Å². The zero-order valence-corrected chi connectivity index (χ0v) is 5.76. The van der Waals surface area contributed by atoms with Gasteiger partial charge in [0.1, 0.15) is 0 Å². The zero-order valence-electron chi connectivity index (χ0n) is 4.25. The average Bonchev–Trinajstić information content (AvgIpc) is 1.61. The fraction of sp³-hybridized carbons (Fsp3) is 0.600. The third-order valence-corrected chi connectivity index (χ3v) is 0.907. The van der Waals surface area contributed by atoms with Gasteiger partial charge in [0.15, 0.2) is 0 Å². The van der Waals surface area contributed by atoms with Crippen molar-refractivity contribution in [3.05, 3.63) is 11.1 Å². The molecule has 0 saturated carbocycles. The van der Waals surface area contributed by atoms with E-state index < -0.39 is 0 Å². The van der Waals surface area contributed by atoms with E-state index in [0.29, 0.717) is 5.88 Å². The summed E-state index contributed by atoms with van der Waals surface area (Å²) < 4.78 is 0. The fourth-order valence-corrected chi connectivity index (χ4v) is 0.472. The van der Waals surface area contributed by atoms with Crippen LogP contribution in [0.4, 0.5) is 0 Å². The number of hydrogen-bond acceptors (Lipinski definition) is 0. The summed E-state index contributed by atoms with van der Waals surface area (Å²) in [5.74, 6) is 0.657. The lowest BCUT2D eigenvalue weighted by Gasteiger charge is -1.81. The second kappa shape index (κ2) is 4.48. The van der Waals surface area contributed by atoms with Gasteiger partial charge in [0.05, 0.1) is 0 Å². The van der Waals surface area contributed by atoms with E-state index in [1.807, 2.05) is 13.0 Å². The Labute approximate surface area is 54.1 Å². The number of rotatable bonds is 2. The molecule has 0 fully saturated rings. The average molecular weight is 139 g/mol. The summed E-state index contributed by atoms with van der Waals surface area (Å²) in [6, 6.07) is 0. The topological polar surface area (TPSA) is 0 Å². The second-order valence-electron chi connectivity index (χ2n) is 1.27. The van der Waals surface area contributed by atoms with Crippen LogP contribution in [0.15, 0.2) is 11.1 Å². The fourth-order valence-electron chi connectivity index (χ4n) is 0.253. The molecule has 0 aromatic rings. The Balaban J connectivity index is 3.08. The molecule has 0 aromatic carbocycles. The Morgan fingerprint density at radius 1 is 1.71 bits per heavy atom. The first-order valence-electron chi connectivity index (χ1n) is 2.15. The minimum absolute atomic E-state index is 0.657. The molecule has 0 heterocycles. The summed E-state index contributed by atoms with van der Waals surface area (Å²) in [5.41, 5.74) is 0. The normalized spacial score (nSPS) is 12.1. The van der Waals surface area contributed by atoms with E-state index in [-0.39, 0.29) is 0 Å². The zero-order chi connectivity index (χ0) is 5.70. The monoisotopic (exact) mass is 138 g/mol. The highest BCUT2D eigenvalue weighted by Crippen LogP contribution is 1.99. The Hall–Kier alpha value is 0.320. The Morgan fingerprint density at radius 2 is 2.29 bits per heavy atom. The highest BCUT2D eigenvalue weighted by molar-refractivity contribution is 6.29. The quantitative estimate of drug-likeness (QED) is 0.516. The van der Waals surface area contributed by atoms with Crippen LogP contribution in [0.5, 0.6) is 0 Å². The summed E-state index contributed by atoms with van der Waals surface area (Å²) in [5, 5.41) is 0.820. The smallest absolute Gasteiger partial charge is 0.0258 e. The third-order valence-electron chi connectivity index (χ3n) is 0.535. The molecule has 0 aliphatic carbocycles. The van der Waals surface area contributed by atoms with E-state index in [4.69, 9.17) is 23.2 Å². The lowest BCUT2D eigenvalue weighted by Crippen LogP contribution is -1.66. The van der Waals surface area contributed by atoms with Gasteiger partial charge in [-0.15, -0.1) is 11.6 Å². The molecule has 0 aliphatic rings. The van der Waals surface area contributed by atoms with Crippen molar-refractivity contribution < 1.29 is 0 Å². The van der Waals surface area contributed by atoms with Crippen LogP contribution >= 0.6 is 23.2 Å². The van der Waals surface area contributed by atoms with E-state index in [1.165, 1.54) is 0 Å². The molecule has 0 N–H and O–H groups in total. The Morgan fingerprint density at radius 3 is 2.43 bits per heavy atom. The van der Waals surface area contributed by atoms with E-state index in [2.05, 4.69) is 0 Å². The number of alkyl halides is 1. The van der Waals surface area contributed by atoms with Crippen molar-refractivity contribution in [2.75, 3.05) is 5.88 Å². The van der Waals surface area contributed by atoms with Crippen molar-refractivity contribution in [1.82, 2.24) is 0 Å². The van der Waals surface area contributed by atoms with Gasteiger partial charge in [0.2, 0.25) is 0 Å². The number of hydrogen-bond donors (Lipinski definition) is 0. The molecule has 0 amide bonds. The van der Waals surface area contributed by atoms with E-state index in [9.17, 15) is 0 Å². The van der Waals surface area contributed by atoms with Crippen LogP contribution in [0.3, 0.4) is 0 Å². The van der Waals surface area contributed by atoms with Crippen molar-refractivity contribution in [3.63, 3.8) is 0 Å². The molecule has 0 aliphatic heterocycles. The molecule has 0 spiro atoms. The molecule has 0 radical (unpaired) electrons. The van der Waals surface area contributed by atoms with Gasteiger partial charge in [-0.2, -0.15) is 0 Å². The maximum Gasteiger partial charge on any atom is 0.0258 e. The van der Waals surface area contributed by atoms with Crippen LogP contribution < -0.4 is 0 Å². The molecule has 0 nitrogen and oxygen atoms in total. The summed E-state index contributed by atoms with van der Waals surface area (Å²) in [4.78, 5) is 0. The Bertz CT molecular complexity index is 62.5. The standard InChI is InChI=1S/C5H8Cl2/c1-5(7)3-2-4-6/h3H,2,4H2,1H3. The van der Waals surface area contributed by atoms with Crippen molar-refractivity contribution in [2.45, 2.75) is 13.3 Å². The molecular weight excluding hydrogens is 131 g/mol. The first kappa shape index (κ1) is 7.32. The first-order chi connectivity index (χ1) is 3.27. The first-order valence-corrected chi connectivity index (χ1v) is 3.07. The summed E-state index contributed by atoms with van der Waals surface area (Å²) in [7, 11) is 0. The summed E-state index contributed by atoms with van der Waals surface area (Å²) in [6.07, 6.45) is 2.77. The van der Waals surface area contributed by atoms with Crippen molar-refractivity contribution >= 4 is 23.2 Å². The highest BCUT2D eigenvalue weighted by atomic mass is 35.5. The second-order valence-corrected chi connectivity index (χ2v) is 2.24. The third kappa shape index (κ3) is 6.32. The summed E-state index contributed by atoms with van der Waals surface area (Å²) >= 11 is 10.8. The van der Waals surface area contributed by atoms with E-state index in [1.54, 1.807) is 0 Å². The van der Waals surface area contributed by atoms with Crippen molar-refractivity contribution in [1.29, 1.82) is 0 Å². The largest absolute Gasteiger partial charge is 0.126 e. The van der Waals surface area contributed by atoms with Crippen LogP contribution in [-0.4, -0.2) is 5.88 Å². The van der Waals surface area contributed by atoms with Crippen LogP contribution in [0, 0.1) is 0 Å². The highest BCUT2D eigenvalue weighted by Gasteiger charge is 1.76. The summed E-state index contributed by atoms with van der Waals surface area (Å²) in [6.45, 7) is 1.84. The van der Waals surface area contributed by atoms with Crippen LogP contribution in [-0.2, 0) is 0 Å². The molecule has 0 saturated heterocycles. The minimum atomic E-state index is 0.657. The SMILES string of the molecule is CC(Cl)=CCCCl. The van der Waals surface area contributed by atoms with Gasteiger partial charge in [-0.25, -0.2) is 0 Å². The minimum Gasteiger partial charge on any atom is -0.126 e. The van der Waals surface area contributed by atoms with Crippen molar-refractivity contribution in [3.8, 4) is 0 Å². The molecule has 0 atom stereocenters. The van der Waals surface area contributed by atoms with Gasteiger partial charge in [0, 0.05) is 10.9 Å². The van der Waals surface area contributed by atoms with Gasteiger partial charge in [-0.1, -0.05) is 17.7 Å². The van der Waals surface area contributed by atoms with E-state index >= 15 is 0 Å². The van der Waals surface area contributed by atoms with Crippen LogP contribution in [0.2, 0.25) is 0 Å². The molecule has 0 unspecified atom stereocenters. The van der Waals surface area contributed by atoms with Crippen molar-refractivity contribution in [2.24, 2.45) is 0 Å². The maximum absolute atomic E-state index is 5.46. The lowest BCUT2D eigenvalue weighted by molar-refractivity contribution is 1.22. The Kier molecular flexibility index (Phi) is 4.68. The predicted octanol–water partition coefficient (Wildman–Crippen LogP) is 2.76. The van der Waals surface area contributed by atoms with Gasteiger partial charge in [-0.3, -0.25) is 0 Å². The number of allylic oxidation sites excluding steroid dienone is 2. The lowest BCUT2D eigenvalue weighted by atomic mass is 10.4. The molecule has 2 heteroatoms. The van der Waals surface area contributed by atoms with Crippen LogP contribution in [0.1, 0.15) is 13.3 Å². The molecule has 0 aromatic heterocycles. The molecule has 7 heavy (non-hydrogen) atoms. The maximum atomic E-state index is 5.46. The van der Waals surface area contributed by atoms with Gasteiger partial charge in [-0.05, 0) is 13.3 Å². The molecule has 42 valence electrons.